The maximum absolute atomic E-state index is 12.0. The second-order valence-corrected chi connectivity index (χ2v) is 5.65. The normalized spacial score (nSPS) is 18.5. The first kappa shape index (κ1) is 15.4. The highest BCUT2D eigenvalue weighted by atomic mass is 35.5. The van der Waals surface area contributed by atoms with Gasteiger partial charge in [0.1, 0.15) is 0 Å². The summed E-state index contributed by atoms with van der Waals surface area (Å²) in [5.74, 6) is -0.173. The summed E-state index contributed by atoms with van der Waals surface area (Å²) in [5, 5.41) is 3.38. The Bertz CT molecular complexity index is 481. The predicted octanol–water partition coefficient (Wildman–Crippen LogP) is 2.23. The second-order valence-electron chi connectivity index (χ2n) is 4.84. The van der Waals surface area contributed by atoms with Gasteiger partial charge in [-0.05, 0) is 25.6 Å². The Morgan fingerprint density at radius 1 is 1.50 bits per heavy atom. The summed E-state index contributed by atoms with van der Waals surface area (Å²) in [6, 6.07) is 3.38. The number of hydrogen-bond acceptors (Lipinski definition) is 4. The van der Waals surface area contributed by atoms with Crippen LogP contribution in [0.4, 0.5) is 11.4 Å². The first-order valence-corrected chi connectivity index (χ1v) is 7.05. The average Bonchev–Trinajstić information content (AvgIpc) is 2.87. The quantitative estimate of drug-likeness (QED) is 0.836. The lowest BCUT2D eigenvalue weighted by atomic mass is 10.2. The number of rotatable bonds is 4. The zero-order valence-corrected chi connectivity index (χ0v) is 12.7. The van der Waals surface area contributed by atoms with E-state index in [0.717, 1.165) is 13.0 Å². The van der Waals surface area contributed by atoms with E-state index in [2.05, 4.69) is 5.32 Å². The number of likely N-dealkylation sites (N-methyl/N-ethyl adjacent to an activating group) is 1. The number of nitrogens with one attached hydrogen (secondary N) is 1. The summed E-state index contributed by atoms with van der Waals surface area (Å²) in [6.45, 7) is 1.66. The van der Waals surface area contributed by atoms with Crippen LogP contribution in [0.3, 0.4) is 0 Å². The predicted molar refractivity (Wildman–Crippen MR) is 81.4 cm³/mol. The Balaban J connectivity index is 1.97. The van der Waals surface area contributed by atoms with Crippen molar-refractivity contribution in [2.24, 2.45) is 0 Å². The molecule has 0 bridgehead atoms. The lowest BCUT2D eigenvalue weighted by Gasteiger charge is -2.22. The summed E-state index contributed by atoms with van der Waals surface area (Å²) < 4.78 is 5.30. The number of nitrogens with two attached hydrogens (primary N) is 1. The van der Waals surface area contributed by atoms with E-state index in [4.69, 9.17) is 33.7 Å². The highest BCUT2D eigenvalue weighted by Crippen LogP contribution is 2.32. The molecule has 1 saturated heterocycles. The van der Waals surface area contributed by atoms with Crippen LogP contribution >= 0.6 is 23.2 Å². The molecule has 1 amide bonds. The van der Waals surface area contributed by atoms with E-state index in [1.165, 1.54) is 0 Å². The van der Waals surface area contributed by atoms with Crippen molar-refractivity contribution in [2.75, 3.05) is 37.9 Å². The topological polar surface area (TPSA) is 67.6 Å². The van der Waals surface area contributed by atoms with Gasteiger partial charge < -0.3 is 15.8 Å². The summed E-state index contributed by atoms with van der Waals surface area (Å²) in [5.41, 5.74) is 6.47. The number of benzene rings is 1. The molecule has 1 heterocycles. The molecule has 20 heavy (non-hydrogen) atoms. The molecule has 1 aliphatic heterocycles. The molecule has 0 aliphatic carbocycles. The molecule has 0 spiro atoms. The molecule has 1 atom stereocenters. The summed E-state index contributed by atoms with van der Waals surface area (Å²) in [4.78, 5) is 14.0. The number of amides is 1. The Kier molecular flexibility index (Phi) is 5.10. The average molecular weight is 318 g/mol. The van der Waals surface area contributed by atoms with Crippen molar-refractivity contribution in [1.29, 1.82) is 0 Å². The summed E-state index contributed by atoms with van der Waals surface area (Å²) >= 11 is 12.1. The van der Waals surface area contributed by atoms with Gasteiger partial charge in [-0.15, -0.1) is 0 Å². The standard InChI is InChI=1S/C13H17Cl2N3O2/c1-18(9-2-3-20-7-9)6-12(19)17-13-10(14)4-8(16)5-11(13)15/h4-5,9H,2-3,6-7,16H2,1H3,(H,17,19). The number of ether oxygens (including phenoxy) is 1. The number of hydrogen-bond donors (Lipinski definition) is 2. The van der Waals surface area contributed by atoms with E-state index in [1.807, 2.05) is 11.9 Å². The Morgan fingerprint density at radius 3 is 2.70 bits per heavy atom. The number of anilines is 2. The molecule has 1 aromatic rings. The van der Waals surface area contributed by atoms with E-state index in [-0.39, 0.29) is 18.5 Å². The first-order chi connectivity index (χ1) is 9.47. The molecule has 110 valence electrons. The third kappa shape index (κ3) is 3.76. The van der Waals surface area contributed by atoms with Crippen molar-refractivity contribution in [1.82, 2.24) is 4.90 Å². The minimum atomic E-state index is -0.173. The molecule has 5 nitrogen and oxygen atoms in total. The number of halogens is 2. The third-order valence-corrected chi connectivity index (χ3v) is 3.85. The summed E-state index contributed by atoms with van der Waals surface area (Å²) in [6.07, 6.45) is 0.938. The van der Waals surface area contributed by atoms with Crippen LogP contribution in [-0.4, -0.2) is 43.7 Å². The van der Waals surface area contributed by atoms with E-state index < -0.39 is 0 Å². The molecule has 2 rings (SSSR count). The summed E-state index contributed by atoms with van der Waals surface area (Å²) in [7, 11) is 1.89. The van der Waals surface area contributed by atoms with Gasteiger partial charge in [-0.1, -0.05) is 23.2 Å². The lowest BCUT2D eigenvalue weighted by molar-refractivity contribution is -0.117. The van der Waals surface area contributed by atoms with Crippen molar-refractivity contribution in [3.05, 3.63) is 22.2 Å². The van der Waals surface area contributed by atoms with Gasteiger partial charge in [-0.25, -0.2) is 0 Å². The van der Waals surface area contributed by atoms with Crippen LogP contribution in [0.5, 0.6) is 0 Å². The molecular weight excluding hydrogens is 301 g/mol. The molecular formula is C13H17Cl2N3O2. The molecule has 1 unspecified atom stereocenters. The molecule has 1 aromatic carbocycles. The van der Waals surface area contributed by atoms with Crippen LogP contribution in [0.2, 0.25) is 10.0 Å². The lowest BCUT2D eigenvalue weighted by Crippen LogP contribution is -2.38. The van der Waals surface area contributed by atoms with Gasteiger partial charge in [0.2, 0.25) is 5.91 Å². The minimum Gasteiger partial charge on any atom is -0.399 e. The van der Waals surface area contributed by atoms with Crippen molar-refractivity contribution < 1.29 is 9.53 Å². The van der Waals surface area contributed by atoms with Crippen molar-refractivity contribution >= 4 is 40.5 Å². The smallest absolute Gasteiger partial charge is 0.238 e. The van der Waals surface area contributed by atoms with Crippen molar-refractivity contribution in [2.45, 2.75) is 12.5 Å². The minimum absolute atomic E-state index is 0.173. The van der Waals surface area contributed by atoms with E-state index >= 15 is 0 Å². The first-order valence-electron chi connectivity index (χ1n) is 6.29. The number of carbonyl (C=O) groups excluding carboxylic acids is 1. The molecule has 0 radical (unpaired) electrons. The number of carbonyl (C=O) groups is 1. The molecule has 1 fully saturated rings. The maximum atomic E-state index is 12.0. The van der Waals surface area contributed by atoms with Crippen LogP contribution in [-0.2, 0) is 9.53 Å². The van der Waals surface area contributed by atoms with Gasteiger partial charge in [0.15, 0.2) is 0 Å². The number of nitrogen functional groups attached to an aromatic ring is 1. The fourth-order valence-electron chi connectivity index (χ4n) is 2.12. The molecule has 3 N–H and O–H groups in total. The van der Waals surface area contributed by atoms with Gasteiger partial charge in [0.05, 0.1) is 28.9 Å². The van der Waals surface area contributed by atoms with Crippen LogP contribution < -0.4 is 11.1 Å². The van der Waals surface area contributed by atoms with E-state index in [0.29, 0.717) is 28.0 Å². The van der Waals surface area contributed by atoms with Crippen LogP contribution in [0.25, 0.3) is 0 Å². The Morgan fingerprint density at radius 2 is 2.15 bits per heavy atom. The number of nitrogens with zero attached hydrogens (tertiary/aromatic N) is 1. The molecule has 1 aliphatic rings. The van der Waals surface area contributed by atoms with Gasteiger partial charge in [-0.2, -0.15) is 0 Å². The van der Waals surface area contributed by atoms with Crippen molar-refractivity contribution in [3.8, 4) is 0 Å². The highest BCUT2D eigenvalue weighted by Gasteiger charge is 2.22. The van der Waals surface area contributed by atoms with E-state index in [9.17, 15) is 4.79 Å². The van der Waals surface area contributed by atoms with Crippen LogP contribution in [0.1, 0.15) is 6.42 Å². The largest absolute Gasteiger partial charge is 0.399 e. The van der Waals surface area contributed by atoms with Crippen LogP contribution in [0, 0.1) is 0 Å². The SMILES string of the molecule is CN(CC(=O)Nc1c(Cl)cc(N)cc1Cl)C1CCOC1. The third-order valence-electron chi connectivity index (χ3n) is 3.25. The van der Waals surface area contributed by atoms with Gasteiger partial charge in [-0.3, -0.25) is 9.69 Å². The Labute approximate surface area is 128 Å². The molecule has 7 heteroatoms. The van der Waals surface area contributed by atoms with Crippen LogP contribution in [0.15, 0.2) is 12.1 Å². The Hall–Kier alpha value is -1.01. The van der Waals surface area contributed by atoms with E-state index in [1.54, 1.807) is 12.1 Å². The van der Waals surface area contributed by atoms with Gasteiger partial charge in [0, 0.05) is 18.3 Å². The fraction of sp³-hybridized carbons (Fsp3) is 0.462. The van der Waals surface area contributed by atoms with Gasteiger partial charge >= 0.3 is 0 Å². The molecule has 0 saturated carbocycles. The highest BCUT2D eigenvalue weighted by molar-refractivity contribution is 6.40. The fourth-order valence-corrected chi connectivity index (χ4v) is 2.71. The van der Waals surface area contributed by atoms with Crippen molar-refractivity contribution in [3.63, 3.8) is 0 Å². The maximum Gasteiger partial charge on any atom is 0.238 e. The molecule has 0 aromatic heterocycles. The second kappa shape index (κ2) is 6.63. The zero-order chi connectivity index (χ0) is 14.7. The van der Waals surface area contributed by atoms with Gasteiger partial charge in [0.25, 0.3) is 0 Å². The monoisotopic (exact) mass is 317 g/mol. The zero-order valence-electron chi connectivity index (χ0n) is 11.2.